The lowest BCUT2D eigenvalue weighted by Gasteiger charge is -2.26. The molecule has 0 aromatic heterocycles. The maximum Gasteiger partial charge on any atom is 0.251 e. The van der Waals surface area contributed by atoms with Gasteiger partial charge in [0.2, 0.25) is 0 Å². The average molecular weight is 380 g/mol. The number of carbonyl (C=O) groups excluding carboxylic acids is 1. The molecule has 0 aliphatic carbocycles. The number of benzene rings is 2. The van der Waals surface area contributed by atoms with E-state index in [0.717, 1.165) is 18.0 Å². The number of rotatable bonds is 5. The van der Waals surface area contributed by atoms with Gasteiger partial charge in [-0.05, 0) is 55.8 Å². The van der Waals surface area contributed by atoms with Gasteiger partial charge in [0.1, 0.15) is 12.7 Å². The van der Waals surface area contributed by atoms with E-state index in [4.69, 9.17) is 9.47 Å². The van der Waals surface area contributed by atoms with Crippen LogP contribution in [0, 0.1) is 0 Å². The fourth-order valence-electron chi connectivity index (χ4n) is 3.79. The molecule has 2 aromatic rings. The summed E-state index contributed by atoms with van der Waals surface area (Å²) in [6, 6.07) is 15.6. The first-order chi connectivity index (χ1) is 13.8. The fraction of sp³-hybridized carbons (Fsp3) is 0.435. The van der Waals surface area contributed by atoms with Crippen LogP contribution in [0.2, 0.25) is 0 Å². The van der Waals surface area contributed by atoms with Gasteiger partial charge in [0, 0.05) is 12.1 Å². The summed E-state index contributed by atoms with van der Waals surface area (Å²) in [5.41, 5.74) is 1.94. The van der Waals surface area contributed by atoms with Crippen molar-refractivity contribution in [3.63, 3.8) is 0 Å². The summed E-state index contributed by atoms with van der Waals surface area (Å²) in [5, 5.41) is 2.95. The van der Waals surface area contributed by atoms with Gasteiger partial charge in [0.05, 0.1) is 6.54 Å². The largest absolute Gasteiger partial charge is 0.486 e. The molecule has 0 radical (unpaired) electrons. The molecule has 1 amide bonds. The quantitative estimate of drug-likeness (QED) is 0.861. The van der Waals surface area contributed by atoms with E-state index in [9.17, 15) is 4.79 Å². The molecular formula is C23H28N2O3. The highest BCUT2D eigenvalue weighted by Gasteiger charge is 2.21. The molecule has 0 saturated carbocycles. The Hall–Kier alpha value is -2.53. The molecule has 5 heteroatoms. The molecule has 0 spiro atoms. The number of nitrogens with one attached hydrogen (secondary N) is 1. The second kappa shape index (κ2) is 9.11. The lowest BCUT2D eigenvalue weighted by molar-refractivity contribution is 0.0789. The Morgan fingerprint density at radius 2 is 1.68 bits per heavy atom. The number of nitrogens with zero attached hydrogens (tertiary/aromatic N) is 1. The van der Waals surface area contributed by atoms with Gasteiger partial charge in [-0.1, -0.05) is 37.1 Å². The lowest BCUT2D eigenvalue weighted by Crippen LogP contribution is -2.40. The van der Waals surface area contributed by atoms with Crippen LogP contribution >= 0.6 is 0 Å². The van der Waals surface area contributed by atoms with Crippen LogP contribution in [-0.2, 0) is 6.54 Å². The maximum absolute atomic E-state index is 12.5. The number of para-hydroxylation sites is 2. The zero-order valence-corrected chi connectivity index (χ0v) is 16.2. The Morgan fingerprint density at radius 1 is 0.964 bits per heavy atom. The van der Waals surface area contributed by atoms with Gasteiger partial charge in [-0.25, -0.2) is 0 Å². The maximum atomic E-state index is 12.5. The van der Waals surface area contributed by atoms with Gasteiger partial charge in [0.15, 0.2) is 11.5 Å². The minimum Gasteiger partial charge on any atom is -0.486 e. The molecule has 2 aliphatic rings. The number of amides is 1. The third kappa shape index (κ3) is 4.84. The predicted molar refractivity (Wildman–Crippen MR) is 109 cm³/mol. The van der Waals surface area contributed by atoms with Crippen molar-refractivity contribution in [1.82, 2.24) is 10.2 Å². The minimum atomic E-state index is -0.179. The number of hydrogen-bond donors (Lipinski definition) is 1. The smallest absolute Gasteiger partial charge is 0.251 e. The van der Waals surface area contributed by atoms with Gasteiger partial charge >= 0.3 is 0 Å². The second-order valence-corrected chi connectivity index (χ2v) is 7.59. The van der Waals surface area contributed by atoms with Crippen molar-refractivity contribution < 1.29 is 14.3 Å². The molecule has 1 saturated heterocycles. The molecule has 4 rings (SSSR count). The van der Waals surface area contributed by atoms with E-state index < -0.39 is 0 Å². The molecule has 2 aliphatic heterocycles. The Bertz CT molecular complexity index is 783. The Morgan fingerprint density at radius 3 is 2.43 bits per heavy atom. The third-order valence-electron chi connectivity index (χ3n) is 5.38. The number of likely N-dealkylation sites (tertiary alicyclic amines) is 1. The summed E-state index contributed by atoms with van der Waals surface area (Å²) in [4.78, 5) is 15.0. The highest BCUT2D eigenvalue weighted by Crippen LogP contribution is 2.30. The van der Waals surface area contributed by atoms with E-state index in [1.807, 2.05) is 36.4 Å². The average Bonchev–Trinajstić information content (AvgIpc) is 3.01. The van der Waals surface area contributed by atoms with Crippen LogP contribution in [-0.4, -0.2) is 43.2 Å². The number of ether oxygens (including phenoxy) is 2. The molecule has 2 heterocycles. The molecule has 0 bridgehead atoms. The van der Waals surface area contributed by atoms with Crippen molar-refractivity contribution in [2.24, 2.45) is 0 Å². The Balaban J connectivity index is 1.27. The molecule has 1 fully saturated rings. The highest BCUT2D eigenvalue weighted by atomic mass is 16.6. The van der Waals surface area contributed by atoms with Gasteiger partial charge in [-0.3, -0.25) is 9.69 Å². The molecule has 2 aromatic carbocycles. The monoisotopic (exact) mass is 380 g/mol. The molecule has 148 valence electrons. The topological polar surface area (TPSA) is 50.8 Å². The van der Waals surface area contributed by atoms with Crippen molar-refractivity contribution >= 4 is 5.91 Å². The van der Waals surface area contributed by atoms with E-state index in [2.05, 4.69) is 22.3 Å². The van der Waals surface area contributed by atoms with Crippen LogP contribution in [0.3, 0.4) is 0 Å². The van der Waals surface area contributed by atoms with Gasteiger partial charge in [0.25, 0.3) is 5.91 Å². The fourth-order valence-corrected chi connectivity index (χ4v) is 3.79. The van der Waals surface area contributed by atoms with E-state index in [1.165, 1.54) is 44.3 Å². The molecule has 1 atom stereocenters. The van der Waals surface area contributed by atoms with E-state index in [-0.39, 0.29) is 12.0 Å². The van der Waals surface area contributed by atoms with Gasteiger partial charge < -0.3 is 14.8 Å². The van der Waals surface area contributed by atoms with Crippen LogP contribution in [0.1, 0.15) is 41.6 Å². The molecular weight excluding hydrogens is 352 g/mol. The first-order valence-electron chi connectivity index (χ1n) is 10.3. The summed E-state index contributed by atoms with van der Waals surface area (Å²) < 4.78 is 11.6. The standard InChI is InChI=1S/C23H28N2O3/c26-23(24-15-20-17-27-21-7-3-4-8-22(21)28-20)19-11-9-18(10-12-19)16-25-13-5-1-2-6-14-25/h3-4,7-12,20H,1-2,5-6,13-17H2,(H,24,26)/t20-/m1/s1. The van der Waals surface area contributed by atoms with Crippen LogP contribution in [0.15, 0.2) is 48.5 Å². The summed E-state index contributed by atoms with van der Waals surface area (Å²) in [5.74, 6) is 1.40. The Kier molecular flexibility index (Phi) is 6.12. The molecule has 1 N–H and O–H groups in total. The van der Waals surface area contributed by atoms with Crippen LogP contribution in [0.25, 0.3) is 0 Å². The van der Waals surface area contributed by atoms with Crippen molar-refractivity contribution in [3.05, 3.63) is 59.7 Å². The van der Waals surface area contributed by atoms with Crippen molar-refractivity contribution in [2.75, 3.05) is 26.2 Å². The summed E-state index contributed by atoms with van der Waals surface area (Å²) in [6.07, 6.45) is 5.09. The molecule has 5 nitrogen and oxygen atoms in total. The highest BCUT2D eigenvalue weighted by molar-refractivity contribution is 5.94. The third-order valence-corrected chi connectivity index (χ3v) is 5.38. The zero-order valence-electron chi connectivity index (χ0n) is 16.2. The van der Waals surface area contributed by atoms with Crippen molar-refractivity contribution in [3.8, 4) is 11.5 Å². The van der Waals surface area contributed by atoms with Crippen molar-refractivity contribution in [1.29, 1.82) is 0 Å². The SMILES string of the molecule is O=C(NC[C@@H]1COc2ccccc2O1)c1ccc(CN2CCCCCC2)cc1. The molecule has 0 unspecified atom stereocenters. The number of fused-ring (bicyclic) bond motifs is 1. The predicted octanol–water partition coefficient (Wildman–Crippen LogP) is 3.63. The summed E-state index contributed by atoms with van der Waals surface area (Å²) in [6.45, 7) is 4.17. The van der Waals surface area contributed by atoms with Gasteiger partial charge in [-0.2, -0.15) is 0 Å². The first kappa shape index (κ1) is 18.8. The van der Waals surface area contributed by atoms with Crippen LogP contribution in [0.4, 0.5) is 0 Å². The van der Waals surface area contributed by atoms with E-state index in [0.29, 0.717) is 18.7 Å². The summed E-state index contributed by atoms with van der Waals surface area (Å²) in [7, 11) is 0. The lowest BCUT2D eigenvalue weighted by atomic mass is 10.1. The van der Waals surface area contributed by atoms with Crippen LogP contribution < -0.4 is 14.8 Å². The van der Waals surface area contributed by atoms with Crippen molar-refractivity contribution in [2.45, 2.75) is 38.3 Å². The molecule has 28 heavy (non-hydrogen) atoms. The van der Waals surface area contributed by atoms with Crippen LogP contribution in [0.5, 0.6) is 11.5 Å². The Labute approximate surface area is 166 Å². The van der Waals surface area contributed by atoms with E-state index in [1.54, 1.807) is 0 Å². The number of carbonyl (C=O) groups is 1. The summed E-state index contributed by atoms with van der Waals surface area (Å²) >= 11 is 0. The minimum absolute atomic E-state index is 0.0798. The van der Waals surface area contributed by atoms with Gasteiger partial charge in [-0.15, -0.1) is 0 Å². The number of hydrogen-bond acceptors (Lipinski definition) is 4. The van der Waals surface area contributed by atoms with E-state index >= 15 is 0 Å². The first-order valence-corrected chi connectivity index (χ1v) is 10.3. The normalized spacial score (nSPS) is 19.6. The zero-order chi connectivity index (χ0) is 19.2. The second-order valence-electron chi connectivity index (χ2n) is 7.59.